The average molecular weight is 659 g/mol. The van der Waals surface area contributed by atoms with Gasteiger partial charge in [0.1, 0.15) is 23.4 Å². The smallest absolute Gasteiger partial charge is 0.164 e. The van der Waals surface area contributed by atoms with Crippen molar-refractivity contribution in [3.05, 3.63) is 169 Å². The molecule has 4 N–H and O–H groups in total. The summed E-state index contributed by atoms with van der Waals surface area (Å²) in [5.41, 5.74) is -0.564. The Morgan fingerprint density at radius 3 is 0.978 bits per heavy atom. The number of aliphatic hydroxyl groups is 4. The van der Waals surface area contributed by atoms with Gasteiger partial charge in [0, 0.05) is 34.9 Å². The Morgan fingerprint density at radius 2 is 0.804 bits per heavy atom. The van der Waals surface area contributed by atoms with Gasteiger partial charge >= 0.3 is 0 Å². The van der Waals surface area contributed by atoms with Gasteiger partial charge in [-0.2, -0.15) is 0 Å². The van der Waals surface area contributed by atoms with Crippen molar-refractivity contribution in [3.63, 3.8) is 0 Å². The van der Waals surface area contributed by atoms with Gasteiger partial charge in [0.2, 0.25) is 0 Å². The maximum atomic E-state index is 12.6. The molecular weight excluding hydrogens is 612 g/mol. The third-order valence-electron chi connectivity index (χ3n) is 7.44. The number of aliphatic hydroxyl groups excluding tert-OH is 2. The minimum atomic E-state index is -1.60. The zero-order valence-electron chi connectivity index (χ0n) is 26.7. The van der Waals surface area contributed by atoms with E-state index in [0.717, 1.165) is 0 Å². The molecule has 6 nitrogen and oxygen atoms in total. The van der Waals surface area contributed by atoms with Crippen LogP contribution in [0.15, 0.2) is 147 Å². The molecule has 0 saturated carbocycles. The van der Waals surface area contributed by atoms with Gasteiger partial charge in [0.05, 0.1) is 0 Å². The Morgan fingerprint density at radius 1 is 0.565 bits per heavy atom. The summed E-state index contributed by atoms with van der Waals surface area (Å²) in [6.45, 7) is 10.9. The van der Waals surface area contributed by atoms with Crippen LogP contribution >= 0.6 is 0 Å². The molecule has 0 aromatic heterocycles. The maximum Gasteiger partial charge on any atom is 0.164 e. The van der Waals surface area contributed by atoms with E-state index in [-0.39, 0.29) is 34.9 Å². The number of benzene rings is 4. The quantitative estimate of drug-likeness (QED) is 0.115. The van der Waals surface area contributed by atoms with Gasteiger partial charge in [0.25, 0.3) is 0 Å². The van der Waals surface area contributed by atoms with Crippen molar-refractivity contribution >= 4 is 0 Å². The molecule has 46 heavy (non-hydrogen) atoms. The summed E-state index contributed by atoms with van der Waals surface area (Å²) in [6.07, 6.45) is 2.90. The second-order valence-corrected chi connectivity index (χ2v) is 11.1. The van der Waals surface area contributed by atoms with Crippen molar-refractivity contribution in [2.75, 3.05) is 13.2 Å². The number of hydrogen-bond acceptors (Lipinski definition) is 6. The average Bonchev–Trinajstić information content (AvgIpc) is 3.43. The molecule has 5 rings (SSSR count). The van der Waals surface area contributed by atoms with E-state index in [2.05, 4.69) is 13.2 Å². The molecule has 4 aromatic rings. The van der Waals surface area contributed by atoms with E-state index in [9.17, 15) is 10.2 Å². The maximum absolute atomic E-state index is 12.6. The fraction of sp³-hybridized carbons (Fsp3) is 0.282. The SMILES string of the molecule is C=CCCO.C=CCCO.CC1(C)O[C@@H](C(O)(c2ccccc2)c2ccccc2)[C@H](C(O)(c2ccccc2)c2ccccc2)O1.[Ti]. The molecule has 1 heterocycles. The van der Waals surface area contributed by atoms with Crippen LogP contribution in [0, 0.1) is 0 Å². The van der Waals surface area contributed by atoms with Gasteiger partial charge in [-0.3, -0.25) is 0 Å². The summed E-state index contributed by atoms with van der Waals surface area (Å²) in [7, 11) is 0. The molecule has 0 radical (unpaired) electrons. The minimum Gasteiger partial charge on any atom is -0.396 e. The van der Waals surface area contributed by atoms with Gasteiger partial charge in [-0.1, -0.05) is 133 Å². The molecule has 0 spiro atoms. The van der Waals surface area contributed by atoms with Crippen molar-refractivity contribution in [2.45, 2.75) is 55.9 Å². The molecule has 0 amide bonds. The van der Waals surface area contributed by atoms with Crippen LogP contribution in [0.2, 0.25) is 0 Å². The van der Waals surface area contributed by atoms with Crippen LogP contribution in [0.25, 0.3) is 0 Å². The van der Waals surface area contributed by atoms with E-state index in [0.29, 0.717) is 35.1 Å². The van der Waals surface area contributed by atoms with Crippen molar-refractivity contribution in [1.29, 1.82) is 0 Å². The van der Waals surface area contributed by atoms with E-state index in [1.165, 1.54) is 0 Å². The Labute approximate surface area is 288 Å². The molecule has 7 heteroatoms. The summed E-state index contributed by atoms with van der Waals surface area (Å²) >= 11 is 0. The van der Waals surface area contributed by atoms with Crippen LogP contribution in [-0.2, 0) is 42.4 Å². The molecular formula is C39H46O6Ti. The van der Waals surface area contributed by atoms with Gasteiger partial charge in [0.15, 0.2) is 5.79 Å². The standard InChI is InChI=1S/C31H30O4.2C4H8O.Ti/c1-29(2)34-27(30(32,23-15-7-3-8-16-23)24-17-9-4-10-18-24)28(35-29)31(33,25-19-11-5-12-20-25)26-21-13-6-14-22-26;2*1-2-3-4-5;/h3-22,27-28,32-33H,1-2H3;2*2,5H,1,3-4H2;/t27-,28-;;;/m1.../s1. The zero-order chi connectivity index (χ0) is 32.8. The predicted octanol–water partition coefficient (Wildman–Crippen LogP) is 6.49. The van der Waals surface area contributed by atoms with Crippen molar-refractivity contribution in [2.24, 2.45) is 0 Å². The zero-order valence-corrected chi connectivity index (χ0v) is 28.3. The first kappa shape index (κ1) is 39.0. The topological polar surface area (TPSA) is 99.4 Å². The summed E-state index contributed by atoms with van der Waals surface area (Å²) in [5, 5.41) is 41.2. The Bertz CT molecular complexity index is 1230. The van der Waals surface area contributed by atoms with Crippen molar-refractivity contribution < 1.29 is 51.6 Å². The van der Waals surface area contributed by atoms with Gasteiger partial charge < -0.3 is 29.9 Å². The minimum absolute atomic E-state index is 0. The Kier molecular flexibility index (Phi) is 16.0. The number of rotatable bonds is 10. The van der Waals surface area contributed by atoms with Crippen LogP contribution in [-0.4, -0.2) is 51.6 Å². The fourth-order valence-corrected chi connectivity index (χ4v) is 5.31. The van der Waals surface area contributed by atoms with Crippen LogP contribution in [0.5, 0.6) is 0 Å². The first-order valence-corrected chi connectivity index (χ1v) is 15.1. The van der Waals surface area contributed by atoms with Crippen molar-refractivity contribution in [3.8, 4) is 0 Å². The normalized spacial score (nSPS) is 16.8. The molecule has 0 unspecified atom stereocenters. The number of ether oxygens (including phenoxy) is 2. The van der Waals surface area contributed by atoms with Crippen LogP contribution < -0.4 is 0 Å². The molecule has 1 fully saturated rings. The Hall–Kier alpha value is -3.17. The third-order valence-corrected chi connectivity index (χ3v) is 7.44. The van der Waals surface area contributed by atoms with Gasteiger partial charge in [-0.15, -0.1) is 13.2 Å². The second kappa shape index (κ2) is 18.8. The largest absolute Gasteiger partial charge is 0.396 e. The van der Waals surface area contributed by atoms with Crippen LogP contribution in [0.4, 0.5) is 0 Å². The number of hydrogen-bond donors (Lipinski definition) is 4. The molecule has 1 aliphatic rings. The van der Waals surface area contributed by atoms with Gasteiger partial charge in [-0.05, 0) is 48.9 Å². The van der Waals surface area contributed by atoms with Crippen LogP contribution in [0.1, 0.15) is 48.9 Å². The fourth-order valence-electron chi connectivity index (χ4n) is 5.31. The summed E-state index contributed by atoms with van der Waals surface area (Å²) < 4.78 is 13.0. The van der Waals surface area contributed by atoms with Gasteiger partial charge in [-0.25, -0.2) is 0 Å². The first-order valence-electron chi connectivity index (χ1n) is 15.1. The first-order chi connectivity index (χ1) is 21.7. The molecule has 242 valence electrons. The summed E-state index contributed by atoms with van der Waals surface area (Å²) in [5.74, 6) is -1.05. The molecule has 2 atom stereocenters. The molecule has 4 aromatic carbocycles. The summed E-state index contributed by atoms with van der Waals surface area (Å²) in [4.78, 5) is 0. The van der Waals surface area contributed by atoms with Crippen molar-refractivity contribution in [1.82, 2.24) is 0 Å². The van der Waals surface area contributed by atoms with E-state index >= 15 is 0 Å². The molecule has 1 aliphatic heterocycles. The van der Waals surface area contributed by atoms with E-state index in [4.69, 9.17) is 19.7 Å². The third kappa shape index (κ3) is 9.44. The molecule has 0 bridgehead atoms. The Balaban J connectivity index is 0.000000586. The second-order valence-electron chi connectivity index (χ2n) is 11.1. The monoisotopic (exact) mass is 658 g/mol. The predicted molar refractivity (Wildman–Crippen MR) is 179 cm³/mol. The van der Waals surface area contributed by atoms with Crippen LogP contribution in [0.3, 0.4) is 0 Å². The van der Waals surface area contributed by atoms with E-state index in [1.807, 2.05) is 135 Å². The van der Waals surface area contributed by atoms with E-state index < -0.39 is 29.2 Å². The summed E-state index contributed by atoms with van der Waals surface area (Å²) in [6, 6.07) is 37.8. The van der Waals surface area contributed by atoms with E-state index in [1.54, 1.807) is 12.2 Å². The molecule has 0 aliphatic carbocycles. The molecule has 1 saturated heterocycles.